The van der Waals surface area contributed by atoms with Crippen LogP contribution in [0.2, 0.25) is 0 Å². The molecule has 0 aliphatic heterocycles. The normalized spacial score (nSPS) is 10.2. The molecule has 0 aliphatic carbocycles. The topological polar surface area (TPSA) is 78.7 Å². The molecule has 4 rings (SSSR count). The zero-order valence-electron chi connectivity index (χ0n) is 15.8. The number of anilines is 1. The summed E-state index contributed by atoms with van der Waals surface area (Å²) in [5.74, 6) is -0.252. The van der Waals surface area contributed by atoms with Crippen LogP contribution < -0.4 is 5.32 Å². The summed E-state index contributed by atoms with van der Waals surface area (Å²) in [5.41, 5.74) is 3.10. The molecule has 1 N–H and O–H groups in total. The van der Waals surface area contributed by atoms with Crippen molar-refractivity contribution in [2.75, 3.05) is 5.32 Å². The molecule has 0 saturated heterocycles. The first kappa shape index (κ1) is 19.4. The van der Waals surface area contributed by atoms with E-state index >= 15 is 0 Å². The highest BCUT2D eigenvalue weighted by Crippen LogP contribution is 2.29. The van der Waals surface area contributed by atoms with Crippen LogP contribution in [0.25, 0.3) is 11.1 Å². The van der Waals surface area contributed by atoms with E-state index in [0.29, 0.717) is 22.4 Å². The quantitative estimate of drug-likeness (QED) is 0.477. The van der Waals surface area contributed by atoms with Gasteiger partial charge in [0.2, 0.25) is 0 Å². The minimum absolute atomic E-state index is 0.252. The predicted molar refractivity (Wildman–Crippen MR) is 117 cm³/mol. The van der Waals surface area contributed by atoms with Crippen molar-refractivity contribution >= 4 is 23.4 Å². The van der Waals surface area contributed by atoms with Crippen molar-refractivity contribution < 1.29 is 4.79 Å². The molecule has 0 spiro atoms. The molecule has 144 valence electrons. The standard InChI is InChI=1S/C24H16N4OS/c25-16-17-7-1-2-8-19(17)20-9-3-4-10-21(20)24(29)28-18-12-14-27-23(15-18)30-22-11-5-6-13-26-22/h1-15H,(H,27,28,29). The summed E-state index contributed by atoms with van der Waals surface area (Å²) in [7, 11) is 0. The number of hydrogen-bond donors (Lipinski definition) is 1. The summed E-state index contributed by atoms with van der Waals surface area (Å²) >= 11 is 1.42. The fraction of sp³-hybridized carbons (Fsp3) is 0. The lowest BCUT2D eigenvalue weighted by Crippen LogP contribution is -2.13. The average molecular weight is 408 g/mol. The molecular weight excluding hydrogens is 392 g/mol. The lowest BCUT2D eigenvalue weighted by atomic mass is 9.95. The molecule has 0 atom stereocenters. The van der Waals surface area contributed by atoms with Crippen molar-refractivity contribution in [2.24, 2.45) is 0 Å². The van der Waals surface area contributed by atoms with Gasteiger partial charge in [0.05, 0.1) is 11.6 Å². The largest absolute Gasteiger partial charge is 0.322 e. The first-order valence-electron chi connectivity index (χ1n) is 9.19. The number of nitrogens with one attached hydrogen (secondary N) is 1. The predicted octanol–water partition coefficient (Wildman–Crippen LogP) is 5.42. The van der Waals surface area contributed by atoms with E-state index in [1.165, 1.54) is 11.8 Å². The van der Waals surface area contributed by atoms with Gasteiger partial charge in [-0.15, -0.1) is 0 Å². The number of carbonyl (C=O) groups excluding carboxylic acids is 1. The zero-order valence-corrected chi connectivity index (χ0v) is 16.6. The Morgan fingerprint density at radius 1 is 0.833 bits per heavy atom. The second-order valence-electron chi connectivity index (χ2n) is 6.31. The summed E-state index contributed by atoms with van der Waals surface area (Å²) in [5, 5.41) is 13.9. The lowest BCUT2D eigenvalue weighted by molar-refractivity contribution is 0.102. The van der Waals surface area contributed by atoms with Crippen LogP contribution in [0.1, 0.15) is 15.9 Å². The fourth-order valence-electron chi connectivity index (χ4n) is 2.99. The third-order valence-corrected chi connectivity index (χ3v) is 5.23. The van der Waals surface area contributed by atoms with Gasteiger partial charge in [-0.1, -0.05) is 54.2 Å². The van der Waals surface area contributed by atoms with Gasteiger partial charge in [0.15, 0.2) is 0 Å². The van der Waals surface area contributed by atoms with Gasteiger partial charge < -0.3 is 5.32 Å². The Hall–Kier alpha value is -3.95. The molecular formula is C24H16N4OS. The molecule has 2 heterocycles. The van der Waals surface area contributed by atoms with Gasteiger partial charge in [-0.05, 0) is 42.0 Å². The molecule has 1 amide bonds. The molecule has 0 saturated carbocycles. The van der Waals surface area contributed by atoms with Gasteiger partial charge in [0, 0.05) is 29.2 Å². The van der Waals surface area contributed by atoms with Crippen molar-refractivity contribution in [1.82, 2.24) is 9.97 Å². The smallest absolute Gasteiger partial charge is 0.256 e. The van der Waals surface area contributed by atoms with Crippen LogP contribution in [-0.4, -0.2) is 15.9 Å². The first-order chi connectivity index (χ1) is 14.7. The average Bonchev–Trinajstić information content (AvgIpc) is 2.80. The molecule has 0 aliphatic rings. The van der Waals surface area contributed by atoms with E-state index in [0.717, 1.165) is 15.6 Å². The maximum Gasteiger partial charge on any atom is 0.256 e. The highest BCUT2D eigenvalue weighted by molar-refractivity contribution is 7.99. The van der Waals surface area contributed by atoms with E-state index in [-0.39, 0.29) is 5.91 Å². The van der Waals surface area contributed by atoms with E-state index in [1.54, 1.807) is 30.6 Å². The summed E-state index contributed by atoms with van der Waals surface area (Å²) in [4.78, 5) is 21.7. The molecule has 4 aromatic rings. The van der Waals surface area contributed by atoms with Crippen molar-refractivity contribution in [3.05, 3.63) is 102 Å². The van der Waals surface area contributed by atoms with Crippen LogP contribution >= 0.6 is 11.8 Å². The minimum atomic E-state index is -0.252. The van der Waals surface area contributed by atoms with Gasteiger partial charge in [-0.3, -0.25) is 4.79 Å². The molecule has 6 heteroatoms. The minimum Gasteiger partial charge on any atom is -0.322 e. The van der Waals surface area contributed by atoms with E-state index in [2.05, 4.69) is 21.4 Å². The van der Waals surface area contributed by atoms with Crippen LogP contribution in [0.5, 0.6) is 0 Å². The fourth-order valence-corrected chi connectivity index (χ4v) is 3.76. The maximum absolute atomic E-state index is 13.0. The summed E-state index contributed by atoms with van der Waals surface area (Å²) < 4.78 is 0. The summed E-state index contributed by atoms with van der Waals surface area (Å²) in [6.07, 6.45) is 3.38. The van der Waals surface area contributed by atoms with Gasteiger partial charge in [-0.2, -0.15) is 5.26 Å². The number of rotatable bonds is 5. The van der Waals surface area contributed by atoms with E-state index < -0.39 is 0 Å². The first-order valence-corrected chi connectivity index (χ1v) is 10.0. The number of carbonyl (C=O) groups is 1. The number of nitrogens with zero attached hydrogens (tertiary/aromatic N) is 3. The van der Waals surface area contributed by atoms with Gasteiger partial charge in [-0.25, -0.2) is 9.97 Å². The summed E-state index contributed by atoms with van der Waals surface area (Å²) in [6.45, 7) is 0. The van der Waals surface area contributed by atoms with Gasteiger partial charge in [0.1, 0.15) is 10.1 Å². The number of hydrogen-bond acceptors (Lipinski definition) is 5. The van der Waals surface area contributed by atoms with Crippen molar-refractivity contribution in [3.8, 4) is 17.2 Å². The molecule has 0 unspecified atom stereocenters. The molecule has 30 heavy (non-hydrogen) atoms. The van der Waals surface area contributed by atoms with E-state index in [9.17, 15) is 10.1 Å². The maximum atomic E-state index is 13.0. The Labute approximate surface area is 178 Å². The van der Waals surface area contributed by atoms with E-state index in [1.807, 2.05) is 60.7 Å². The van der Waals surface area contributed by atoms with Crippen LogP contribution in [-0.2, 0) is 0 Å². The second kappa shape index (κ2) is 9.03. The Balaban J connectivity index is 1.60. The van der Waals surface area contributed by atoms with Crippen LogP contribution in [0.4, 0.5) is 5.69 Å². The summed E-state index contributed by atoms with van der Waals surface area (Å²) in [6, 6.07) is 25.9. The van der Waals surface area contributed by atoms with Gasteiger partial charge >= 0.3 is 0 Å². The molecule has 5 nitrogen and oxygen atoms in total. The highest BCUT2D eigenvalue weighted by atomic mass is 32.2. The Morgan fingerprint density at radius 2 is 1.57 bits per heavy atom. The number of aromatic nitrogens is 2. The van der Waals surface area contributed by atoms with Crippen LogP contribution in [0.15, 0.2) is 101 Å². The molecule has 0 fully saturated rings. The number of nitriles is 1. The van der Waals surface area contributed by atoms with E-state index in [4.69, 9.17) is 0 Å². The van der Waals surface area contributed by atoms with Gasteiger partial charge in [0.25, 0.3) is 5.91 Å². The molecule has 0 radical (unpaired) electrons. The number of benzene rings is 2. The molecule has 2 aromatic heterocycles. The second-order valence-corrected chi connectivity index (χ2v) is 7.35. The number of amides is 1. The van der Waals surface area contributed by atoms with Crippen LogP contribution in [0, 0.1) is 11.3 Å². The zero-order chi connectivity index (χ0) is 20.8. The lowest BCUT2D eigenvalue weighted by Gasteiger charge is -2.12. The monoisotopic (exact) mass is 408 g/mol. The third-order valence-electron chi connectivity index (χ3n) is 4.35. The Bertz CT molecular complexity index is 1240. The molecule has 2 aromatic carbocycles. The van der Waals surface area contributed by atoms with Crippen LogP contribution in [0.3, 0.4) is 0 Å². The van der Waals surface area contributed by atoms with Crippen molar-refractivity contribution in [1.29, 1.82) is 5.26 Å². The van der Waals surface area contributed by atoms with Crippen molar-refractivity contribution in [2.45, 2.75) is 10.1 Å². The molecule has 0 bridgehead atoms. The Kier molecular flexibility index (Phi) is 5.83. The third kappa shape index (κ3) is 4.37. The Morgan fingerprint density at radius 3 is 2.37 bits per heavy atom. The highest BCUT2D eigenvalue weighted by Gasteiger charge is 2.15. The van der Waals surface area contributed by atoms with Crippen molar-refractivity contribution in [3.63, 3.8) is 0 Å². The number of pyridine rings is 2. The SMILES string of the molecule is N#Cc1ccccc1-c1ccccc1C(=O)Nc1ccnc(Sc2ccccn2)c1.